The van der Waals surface area contributed by atoms with Gasteiger partial charge in [0.1, 0.15) is 0 Å². The van der Waals surface area contributed by atoms with Gasteiger partial charge in [-0.25, -0.2) is 0 Å². The first-order valence-corrected chi connectivity index (χ1v) is 9.62. The van der Waals surface area contributed by atoms with Gasteiger partial charge in [0.2, 0.25) is 5.91 Å². The maximum Gasteiger partial charge on any atom is 0.222 e. The van der Waals surface area contributed by atoms with Crippen LogP contribution in [0.5, 0.6) is 0 Å². The number of carbonyl (C=O) groups excluding carboxylic acids is 1. The quantitative estimate of drug-likeness (QED) is 0.520. The van der Waals surface area contributed by atoms with E-state index in [0.29, 0.717) is 25.0 Å². The molecule has 0 unspecified atom stereocenters. The molecule has 0 atom stereocenters. The Bertz CT molecular complexity index is 371. The Morgan fingerprint density at radius 3 is 2.04 bits per heavy atom. The van der Waals surface area contributed by atoms with Crippen molar-refractivity contribution in [1.82, 2.24) is 16.0 Å². The van der Waals surface area contributed by atoms with Gasteiger partial charge in [-0.15, -0.1) is 0 Å². The topological polar surface area (TPSA) is 65.5 Å². The largest absolute Gasteiger partial charge is 0.357 e. The number of nitrogens with zero attached hydrogens (tertiary/aromatic N) is 1. The van der Waals surface area contributed by atoms with Crippen molar-refractivity contribution in [2.75, 3.05) is 13.1 Å². The van der Waals surface area contributed by atoms with Crippen LogP contribution in [0.1, 0.15) is 77.6 Å². The third-order valence-corrected chi connectivity index (χ3v) is 4.87. The zero-order chi connectivity index (χ0) is 16.3. The summed E-state index contributed by atoms with van der Waals surface area (Å²) in [4.78, 5) is 16.6. The van der Waals surface area contributed by atoms with Crippen LogP contribution in [0.4, 0.5) is 0 Å². The Morgan fingerprint density at radius 1 is 0.913 bits per heavy atom. The van der Waals surface area contributed by atoms with E-state index in [-0.39, 0.29) is 5.91 Å². The Hall–Kier alpha value is -1.26. The highest BCUT2D eigenvalue weighted by molar-refractivity contribution is 5.81. The fourth-order valence-electron chi connectivity index (χ4n) is 3.58. The molecule has 0 radical (unpaired) electrons. The van der Waals surface area contributed by atoms with Gasteiger partial charge in [0.05, 0.1) is 6.54 Å². The molecule has 0 aromatic rings. The Labute approximate surface area is 141 Å². The highest BCUT2D eigenvalue weighted by atomic mass is 16.1. The van der Waals surface area contributed by atoms with Gasteiger partial charge in [0.15, 0.2) is 5.96 Å². The number of aliphatic imine (C=N–C) groups is 1. The van der Waals surface area contributed by atoms with Gasteiger partial charge in [-0.3, -0.25) is 9.79 Å². The Balaban J connectivity index is 1.69. The van der Waals surface area contributed by atoms with Gasteiger partial charge in [0, 0.05) is 25.0 Å². The number of amides is 1. The summed E-state index contributed by atoms with van der Waals surface area (Å²) in [5.41, 5.74) is 0. The van der Waals surface area contributed by atoms with E-state index in [1.165, 1.54) is 51.4 Å². The smallest absolute Gasteiger partial charge is 0.222 e. The van der Waals surface area contributed by atoms with Crippen LogP contribution in [0.25, 0.3) is 0 Å². The molecule has 2 aliphatic carbocycles. The van der Waals surface area contributed by atoms with E-state index in [4.69, 9.17) is 0 Å². The minimum absolute atomic E-state index is 0.147. The summed E-state index contributed by atoms with van der Waals surface area (Å²) in [6.45, 7) is 3.49. The standard InChI is InChI=1S/C18H34N4O/c1-2-19-18(22-16-11-7-4-8-12-16)20-14-13-17(23)21-15-9-5-3-6-10-15/h15-16H,2-14H2,1H3,(H,21,23)(H2,19,20,22). The highest BCUT2D eigenvalue weighted by Crippen LogP contribution is 2.18. The van der Waals surface area contributed by atoms with Crippen LogP contribution in [0.2, 0.25) is 0 Å². The van der Waals surface area contributed by atoms with E-state index < -0.39 is 0 Å². The summed E-state index contributed by atoms with van der Waals surface area (Å²) in [6, 6.07) is 0.937. The molecule has 0 bridgehead atoms. The van der Waals surface area contributed by atoms with Gasteiger partial charge < -0.3 is 16.0 Å². The fourth-order valence-corrected chi connectivity index (χ4v) is 3.58. The van der Waals surface area contributed by atoms with Crippen molar-refractivity contribution in [2.45, 2.75) is 89.6 Å². The highest BCUT2D eigenvalue weighted by Gasteiger charge is 2.16. The van der Waals surface area contributed by atoms with Crippen LogP contribution < -0.4 is 16.0 Å². The van der Waals surface area contributed by atoms with Gasteiger partial charge in [-0.05, 0) is 32.6 Å². The van der Waals surface area contributed by atoms with E-state index in [0.717, 1.165) is 25.3 Å². The third kappa shape index (κ3) is 7.23. The normalized spacial score (nSPS) is 21.0. The lowest BCUT2D eigenvalue weighted by atomic mass is 9.95. The Kier molecular flexibility index (Phi) is 8.26. The zero-order valence-corrected chi connectivity index (χ0v) is 14.7. The predicted octanol–water partition coefficient (Wildman–Crippen LogP) is 2.71. The number of hydrogen-bond donors (Lipinski definition) is 3. The average molecular weight is 322 g/mol. The summed E-state index contributed by atoms with van der Waals surface area (Å²) >= 11 is 0. The maximum atomic E-state index is 12.0. The molecular weight excluding hydrogens is 288 g/mol. The van der Waals surface area contributed by atoms with Crippen molar-refractivity contribution in [2.24, 2.45) is 4.99 Å². The van der Waals surface area contributed by atoms with Crippen LogP contribution in [-0.4, -0.2) is 37.0 Å². The molecule has 3 N–H and O–H groups in total. The van der Waals surface area contributed by atoms with E-state index >= 15 is 0 Å². The van der Waals surface area contributed by atoms with Crippen molar-refractivity contribution >= 4 is 11.9 Å². The Morgan fingerprint density at radius 2 is 1.48 bits per heavy atom. The number of rotatable bonds is 6. The molecule has 2 aliphatic rings. The summed E-state index contributed by atoms with van der Waals surface area (Å²) in [5.74, 6) is 1.01. The molecule has 0 heterocycles. The molecule has 5 heteroatoms. The molecular formula is C18H34N4O. The lowest BCUT2D eigenvalue weighted by molar-refractivity contribution is -0.121. The first-order chi connectivity index (χ1) is 11.3. The molecule has 0 aromatic heterocycles. The first-order valence-electron chi connectivity index (χ1n) is 9.62. The fraction of sp³-hybridized carbons (Fsp3) is 0.889. The van der Waals surface area contributed by atoms with Crippen molar-refractivity contribution < 1.29 is 4.79 Å². The van der Waals surface area contributed by atoms with Gasteiger partial charge >= 0.3 is 0 Å². The average Bonchev–Trinajstić information content (AvgIpc) is 2.57. The van der Waals surface area contributed by atoms with Crippen molar-refractivity contribution in [3.8, 4) is 0 Å². The van der Waals surface area contributed by atoms with Crippen LogP contribution in [0.15, 0.2) is 4.99 Å². The predicted molar refractivity (Wildman–Crippen MR) is 95.6 cm³/mol. The number of carbonyl (C=O) groups is 1. The van der Waals surface area contributed by atoms with Crippen LogP contribution in [0, 0.1) is 0 Å². The molecule has 0 saturated heterocycles. The molecule has 0 spiro atoms. The van der Waals surface area contributed by atoms with Crippen molar-refractivity contribution in [1.29, 1.82) is 0 Å². The van der Waals surface area contributed by atoms with Gasteiger partial charge in [0.25, 0.3) is 0 Å². The van der Waals surface area contributed by atoms with Crippen LogP contribution in [0.3, 0.4) is 0 Å². The first kappa shape index (κ1) is 18.1. The summed E-state index contributed by atoms with van der Waals surface area (Å²) in [5, 5.41) is 9.97. The molecule has 2 saturated carbocycles. The maximum absolute atomic E-state index is 12.0. The van der Waals surface area contributed by atoms with Crippen LogP contribution in [-0.2, 0) is 4.79 Å². The minimum atomic E-state index is 0.147. The van der Waals surface area contributed by atoms with Crippen molar-refractivity contribution in [3.05, 3.63) is 0 Å². The van der Waals surface area contributed by atoms with E-state index in [9.17, 15) is 4.79 Å². The number of guanidine groups is 1. The lowest BCUT2D eigenvalue weighted by Gasteiger charge is -2.25. The summed E-state index contributed by atoms with van der Waals surface area (Å²) in [6.07, 6.45) is 13.0. The van der Waals surface area contributed by atoms with E-state index in [1.807, 2.05) is 0 Å². The van der Waals surface area contributed by atoms with Crippen LogP contribution >= 0.6 is 0 Å². The van der Waals surface area contributed by atoms with E-state index in [1.54, 1.807) is 0 Å². The second-order valence-electron chi connectivity index (χ2n) is 6.89. The molecule has 1 amide bonds. The molecule has 132 valence electrons. The second kappa shape index (κ2) is 10.5. The SMILES string of the molecule is CCNC(=NCCC(=O)NC1CCCCC1)NC1CCCCC1. The number of nitrogens with one attached hydrogen (secondary N) is 3. The molecule has 0 aliphatic heterocycles. The minimum Gasteiger partial charge on any atom is -0.357 e. The second-order valence-corrected chi connectivity index (χ2v) is 6.89. The molecule has 2 rings (SSSR count). The summed E-state index contributed by atoms with van der Waals surface area (Å²) < 4.78 is 0. The third-order valence-electron chi connectivity index (χ3n) is 4.87. The molecule has 23 heavy (non-hydrogen) atoms. The molecule has 5 nitrogen and oxygen atoms in total. The summed E-state index contributed by atoms with van der Waals surface area (Å²) in [7, 11) is 0. The molecule has 0 aromatic carbocycles. The zero-order valence-electron chi connectivity index (χ0n) is 14.7. The van der Waals surface area contributed by atoms with Gasteiger partial charge in [-0.1, -0.05) is 38.5 Å². The monoisotopic (exact) mass is 322 g/mol. The molecule has 2 fully saturated rings. The van der Waals surface area contributed by atoms with Gasteiger partial charge in [-0.2, -0.15) is 0 Å². The lowest BCUT2D eigenvalue weighted by Crippen LogP contribution is -2.44. The van der Waals surface area contributed by atoms with E-state index in [2.05, 4.69) is 27.9 Å². The van der Waals surface area contributed by atoms with Crippen molar-refractivity contribution in [3.63, 3.8) is 0 Å². The number of hydrogen-bond acceptors (Lipinski definition) is 2.